The molecule has 5 heteroatoms. The number of piperazine rings is 1. The Morgan fingerprint density at radius 3 is 2.42 bits per heavy atom. The van der Waals surface area contributed by atoms with Crippen LogP contribution in [0.2, 0.25) is 0 Å². The predicted octanol–water partition coefficient (Wildman–Crippen LogP) is 1.50. The topological polar surface area (TPSA) is 49.4 Å². The number of rotatable bonds is 5. The number of nitrogens with one attached hydrogen (secondary N) is 1. The summed E-state index contributed by atoms with van der Waals surface area (Å²) in [5.74, 6) is 0.677. The van der Waals surface area contributed by atoms with E-state index in [1.165, 1.54) is 0 Å². The van der Waals surface area contributed by atoms with E-state index in [-0.39, 0.29) is 29.8 Å². The maximum Gasteiger partial charge on any atom is 0.246 e. The van der Waals surface area contributed by atoms with E-state index in [2.05, 4.69) is 12.2 Å². The lowest BCUT2D eigenvalue weighted by Crippen LogP contribution is -2.66. The molecule has 0 bridgehead atoms. The number of carbonyl (C=O) groups excluding carboxylic acids is 2. The number of carbonyl (C=O) groups is 2. The third-order valence-electron chi connectivity index (χ3n) is 4.03. The normalized spacial score (nSPS) is 29.6. The van der Waals surface area contributed by atoms with Crippen molar-refractivity contribution in [1.82, 2.24) is 10.2 Å². The van der Waals surface area contributed by atoms with Crippen LogP contribution in [0.15, 0.2) is 0 Å². The van der Waals surface area contributed by atoms with Gasteiger partial charge in [0.25, 0.3) is 0 Å². The molecule has 3 atom stereocenters. The van der Waals surface area contributed by atoms with Crippen molar-refractivity contribution < 1.29 is 9.59 Å². The molecule has 0 radical (unpaired) electrons. The van der Waals surface area contributed by atoms with Gasteiger partial charge in [0.1, 0.15) is 12.1 Å². The molecule has 0 aromatic carbocycles. The average molecular weight is 284 g/mol. The lowest BCUT2D eigenvalue weighted by Gasteiger charge is -2.42. The molecule has 3 unspecified atom stereocenters. The molecule has 0 aromatic rings. The van der Waals surface area contributed by atoms with Gasteiger partial charge in [0.05, 0.1) is 0 Å². The maximum atomic E-state index is 12.6. The molecule has 1 aliphatic carbocycles. The van der Waals surface area contributed by atoms with Gasteiger partial charge in [0.15, 0.2) is 0 Å². The van der Waals surface area contributed by atoms with Crippen LogP contribution in [0, 0.1) is 11.8 Å². The van der Waals surface area contributed by atoms with E-state index in [0.717, 1.165) is 12.8 Å². The minimum absolute atomic E-state index is 0.0276. The van der Waals surface area contributed by atoms with E-state index in [1.807, 2.05) is 25.0 Å². The van der Waals surface area contributed by atoms with Crippen molar-refractivity contribution in [3.63, 3.8) is 0 Å². The standard InChI is InChI=1S/C14H24N2O2S/c1-8(2)12-13(17)15-11(10-5-6-10)14(18)16(12)7-9(3)19-4/h8-12H,5-7H2,1-4H3,(H,15,17). The van der Waals surface area contributed by atoms with Gasteiger partial charge < -0.3 is 10.2 Å². The molecule has 2 aliphatic rings. The van der Waals surface area contributed by atoms with Crippen molar-refractivity contribution in [2.24, 2.45) is 11.8 Å². The summed E-state index contributed by atoms with van der Waals surface area (Å²) in [4.78, 5) is 26.7. The minimum Gasteiger partial charge on any atom is -0.342 e. The molecular formula is C14H24N2O2S. The Bertz CT molecular complexity index is 368. The molecule has 1 N–H and O–H groups in total. The predicted molar refractivity (Wildman–Crippen MR) is 78.0 cm³/mol. The van der Waals surface area contributed by atoms with Crippen LogP contribution in [-0.4, -0.2) is 46.8 Å². The second-order valence-electron chi connectivity index (χ2n) is 6.05. The van der Waals surface area contributed by atoms with Gasteiger partial charge in [-0.15, -0.1) is 0 Å². The smallest absolute Gasteiger partial charge is 0.246 e. The molecule has 4 nitrogen and oxygen atoms in total. The molecule has 2 fully saturated rings. The van der Waals surface area contributed by atoms with Crippen LogP contribution in [0.1, 0.15) is 33.6 Å². The Hall–Kier alpha value is -0.710. The second-order valence-corrected chi connectivity index (χ2v) is 7.33. The highest BCUT2D eigenvalue weighted by Gasteiger charge is 2.47. The summed E-state index contributed by atoms with van der Waals surface area (Å²) >= 11 is 1.74. The zero-order valence-corrected chi connectivity index (χ0v) is 13.0. The lowest BCUT2D eigenvalue weighted by atomic mass is 9.95. The van der Waals surface area contributed by atoms with Crippen LogP contribution in [0.25, 0.3) is 0 Å². The van der Waals surface area contributed by atoms with Crippen LogP contribution >= 0.6 is 11.8 Å². The molecule has 1 heterocycles. The van der Waals surface area contributed by atoms with Crippen molar-refractivity contribution in [3.05, 3.63) is 0 Å². The number of hydrogen-bond donors (Lipinski definition) is 1. The van der Waals surface area contributed by atoms with Crippen LogP contribution in [0.5, 0.6) is 0 Å². The van der Waals surface area contributed by atoms with Crippen LogP contribution in [0.3, 0.4) is 0 Å². The summed E-state index contributed by atoms with van der Waals surface area (Å²) in [6.45, 7) is 6.78. The summed E-state index contributed by atoms with van der Waals surface area (Å²) in [6, 6.07) is -0.575. The minimum atomic E-state index is -0.308. The van der Waals surface area contributed by atoms with E-state index in [9.17, 15) is 9.59 Å². The SMILES string of the molecule is CSC(C)CN1C(=O)C(C2CC2)NC(=O)C1C(C)C. The summed E-state index contributed by atoms with van der Waals surface area (Å²) in [5, 5.41) is 3.30. The van der Waals surface area contributed by atoms with E-state index < -0.39 is 0 Å². The third-order valence-corrected chi connectivity index (χ3v) is 4.99. The van der Waals surface area contributed by atoms with Gasteiger partial charge in [0.2, 0.25) is 11.8 Å². The first-order valence-electron chi connectivity index (χ1n) is 7.09. The molecular weight excluding hydrogens is 260 g/mol. The van der Waals surface area contributed by atoms with Crippen molar-refractivity contribution in [2.45, 2.75) is 50.9 Å². The van der Waals surface area contributed by atoms with Crippen molar-refractivity contribution >= 4 is 23.6 Å². The highest BCUT2D eigenvalue weighted by molar-refractivity contribution is 7.99. The van der Waals surface area contributed by atoms with Gasteiger partial charge in [-0.1, -0.05) is 20.8 Å². The number of nitrogens with zero attached hydrogens (tertiary/aromatic N) is 1. The summed E-state index contributed by atoms with van der Waals surface area (Å²) in [5.41, 5.74) is 0. The zero-order valence-electron chi connectivity index (χ0n) is 12.2. The quantitative estimate of drug-likeness (QED) is 0.832. The molecule has 1 saturated carbocycles. The largest absolute Gasteiger partial charge is 0.342 e. The Labute approximate surface area is 119 Å². The highest BCUT2D eigenvalue weighted by atomic mass is 32.2. The number of thioether (sulfide) groups is 1. The van der Waals surface area contributed by atoms with Gasteiger partial charge in [-0.2, -0.15) is 11.8 Å². The first-order chi connectivity index (χ1) is 8.95. The summed E-state index contributed by atoms with van der Waals surface area (Å²) in [6.07, 6.45) is 4.17. The Balaban J connectivity index is 2.18. The van der Waals surface area contributed by atoms with Crippen molar-refractivity contribution in [1.29, 1.82) is 0 Å². The van der Waals surface area contributed by atoms with Crippen molar-refractivity contribution in [2.75, 3.05) is 12.8 Å². The van der Waals surface area contributed by atoms with Crippen molar-refractivity contribution in [3.8, 4) is 0 Å². The Kier molecular flexibility index (Phi) is 4.43. The highest BCUT2D eigenvalue weighted by Crippen LogP contribution is 2.35. The molecule has 0 spiro atoms. The van der Waals surface area contributed by atoms with Crippen LogP contribution < -0.4 is 5.32 Å². The third kappa shape index (κ3) is 3.07. The maximum absolute atomic E-state index is 12.6. The summed E-state index contributed by atoms with van der Waals surface area (Å²) in [7, 11) is 0. The average Bonchev–Trinajstić information content (AvgIpc) is 3.16. The second kappa shape index (κ2) is 5.73. The fraction of sp³-hybridized carbons (Fsp3) is 0.857. The fourth-order valence-electron chi connectivity index (χ4n) is 2.72. The molecule has 1 saturated heterocycles. The van der Waals surface area contributed by atoms with E-state index in [1.54, 1.807) is 11.8 Å². The number of amides is 2. The van der Waals surface area contributed by atoms with Crippen LogP contribution in [-0.2, 0) is 9.59 Å². The zero-order chi connectivity index (χ0) is 14.2. The van der Waals surface area contributed by atoms with Gasteiger partial charge in [-0.25, -0.2) is 0 Å². The van der Waals surface area contributed by atoms with E-state index in [0.29, 0.717) is 17.7 Å². The monoisotopic (exact) mass is 284 g/mol. The molecule has 2 amide bonds. The van der Waals surface area contributed by atoms with E-state index in [4.69, 9.17) is 0 Å². The molecule has 0 aromatic heterocycles. The lowest BCUT2D eigenvalue weighted by molar-refractivity contribution is -0.151. The van der Waals surface area contributed by atoms with Gasteiger partial charge in [0, 0.05) is 11.8 Å². The first-order valence-corrected chi connectivity index (χ1v) is 8.38. The fourth-order valence-corrected chi connectivity index (χ4v) is 3.03. The number of hydrogen-bond acceptors (Lipinski definition) is 3. The summed E-state index contributed by atoms with van der Waals surface area (Å²) < 4.78 is 0. The molecule has 19 heavy (non-hydrogen) atoms. The van der Waals surface area contributed by atoms with Gasteiger partial charge >= 0.3 is 0 Å². The first kappa shape index (κ1) is 14.7. The Morgan fingerprint density at radius 2 is 1.95 bits per heavy atom. The van der Waals surface area contributed by atoms with Crippen LogP contribution in [0.4, 0.5) is 0 Å². The molecule has 108 valence electrons. The van der Waals surface area contributed by atoms with Gasteiger partial charge in [-0.05, 0) is 30.9 Å². The Morgan fingerprint density at radius 1 is 1.32 bits per heavy atom. The van der Waals surface area contributed by atoms with Gasteiger partial charge in [-0.3, -0.25) is 9.59 Å². The van der Waals surface area contributed by atoms with E-state index >= 15 is 0 Å². The molecule has 2 rings (SSSR count). The molecule has 1 aliphatic heterocycles.